The van der Waals surface area contributed by atoms with Crippen molar-refractivity contribution in [1.82, 2.24) is 5.32 Å². The Kier molecular flexibility index (Phi) is 15.0. The van der Waals surface area contributed by atoms with Gasteiger partial charge in [0.2, 0.25) is 0 Å². The van der Waals surface area contributed by atoms with E-state index in [1.54, 1.807) is 0 Å². The molecule has 13 heteroatoms. The van der Waals surface area contributed by atoms with Crippen LogP contribution in [-0.2, 0) is 85.2 Å². The molecule has 0 unspecified atom stereocenters. The highest BCUT2D eigenvalue weighted by Crippen LogP contribution is 2.38. The maximum atomic E-state index is 13.6. The molecule has 3 saturated heterocycles. The normalized spacial score (nSPS) is 26.7. The number of alkyl carbamates (subject to hydrolysis) is 1. The summed E-state index contributed by atoms with van der Waals surface area (Å²) in [6.45, 7) is 0.851. The molecule has 3 heterocycles. The Morgan fingerprint density at radius 2 is 1.02 bits per heavy atom. The number of carbonyl (C=O) groups excluding carboxylic acids is 2. The number of hydrogen-bond acceptors (Lipinski definition) is 12. The number of benzene rings is 5. The number of fused-ring (bicyclic) bond motifs is 2. The van der Waals surface area contributed by atoms with E-state index < -0.39 is 73.4 Å². The van der Waals surface area contributed by atoms with E-state index in [4.69, 9.17) is 47.4 Å². The van der Waals surface area contributed by atoms with Gasteiger partial charge in [-0.1, -0.05) is 152 Å². The standard InChI is InChI=1S/C49H51NO12/c1-53-47-39(50-49(52)58-31-37-25-15-6-16-26-37)41(55-28-34-19-9-3-10-20-34)40(38(59-47)32-54-27-33-17-7-2-8-18-33)61-48-45(57-30-36-23-13-5-14-24-36)43-42(44(62-48)46(51)60-43)56-29-35-21-11-4-12-22-35/h2-26,38-45,47-48H,27-32H2,1H3,(H,50,52)/t38-,39-,40-,41-,42-,43+,44+,45-,47+,48+/m1/s1. The van der Waals surface area contributed by atoms with Crippen LogP contribution in [-0.4, -0.2) is 87.1 Å². The molecule has 8 rings (SSSR count). The van der Waals surface area contributed by atoms with Gasteiger partial charge in [0, 0.05) is 7.11 Å². The van der Waals surface area contributed by atoms with Gasteiger partial charge in [-0.05, 0) is 27.8 Å². The summed E-state index contributed by atoms with van der Waals surface area (Å²) in [7, 11) is 1.49. The molecule has 0 spiro atoms. The first-order valence-corrected chi connectivity index (χ1v) is 20.8. The second kappa shape index (κ2) is 21.5. The molecule has 1 amide bonds. The quantitative estimate of drug-likeness (QED) is 0.0890. The lowest BCUT2D eigenvalue weighted by molar-refractivity contribution is -0.342. The number of nitrogens with one attached hydrogen (secondary N) is 1. The zero-order chi connectivity index (χ0) is 42.5. The minimum Gasteiger partial charge on any atom is -0.454 e. The zero-order valence-electron chi connectivity index (χ0n) is 34.3. The molecule has 13 nitrogen and oxygen atoms in total. The molecule has 3 aliphatic rings. The SMILES string of the molecule is CO[C@H]1O[C@H](COCc2ccccc2)[C@@H](O[C@H]2O[C@@H]3C(=O)O[C@@H]([C@H]3OCc3ccccc3)[C@H]2OCc2ccccc2)[C@H](OCc2ccccc2)[C@H]1NC(=O)OCc1ccccc1. The van der Waals surface area contributed by atoms with Crippen LogP contribution in [0.3, 0.4) is 0 Å². The van der Waals surface area contributed by atoms with Gasteiger partial charge in [-0.3, -0.25) is 0 Å². The van der Waals surface area contributed by atoms with Gasteiger partial charge in [-0.2, -0.15) is 0 Å². The molecule has 0 saturated carbocycles. The summed E-state index contributed by atoms with van der Waals surface area (Å²) < 4.78 is 63.7. The molecule has 5 aromatic carbocycles. The lowest BCUT2D eigenvalue weighted by Gasteiger charge is -2.48. The molecule has 324 valence electrons. The van der Waals surface area contributed by atoms with Gasteiger partial charge in [0.25, 0.3) is 0 Å². The highest BCUT2D eigenvalue weighted by Gasteiger charge is 2.60. The summed E-state index contributed by atoms with van der Waals surface area (Å²) in [6.07, 6.45) is -9.55. The van der Waals surface area contributed by atoms with E-state index in [-0.39, 0.29) is 39.6 Å². The van der Waals surface area contributed by atoms with E-state index in [9.17, 15) is 9.59 Å². The molecule has 1 N–H and O–H groups in total. The minimum absolute atomic E-state index is 0.0309. The third-order valence-electron chi connectivity index (χ3n) is 10.9. The number of ether oxygens (including phenoxy) is 10. The molecule has 2 bridgehead atoms. The average molecular weight is 846 g/mol. The smallest absolute Gasteiger partial charge is 0.407 e. The number of hydrogen-bond donors (Lipinski definition) is 1. The summed E-state index contributed by atoms with van der Waals surface area (Å²) in [4.78, 5) is 27.1. The summed E-state index contributed by atoms with van der Waals surface area (Å²) >= 11 is 0. The monoisotopic (exact) mass is 845 g/mol. The Morgan fingerprint density at radius 3 is 1.53 bits per heavy atom. The zero-order valence-corrected chi connectivity index (χ0v) is 34.3. The number of carbonyl (C=O) groups is 2. The van der Waals surface area contributed by atoms with Crippen molar-refractivity contribution in [3.63, 3.8) is 0 Å². The summed E-state index contributed by atoms with van der Waals surface area (Å²) in [5, 5.41) is 2.95. The molecule has 62 heavy (non-hydrogen) atoms. The van der Waals surface area contributed by atoms with Crippen LogP contribution in [0.4, 0.5) is 4.79 Å². The van der Waals surface area contributed by atoms with Crippen molar-refractivity contribution in [3.8, 4) is 0 Å². The van der Waals surface area contributed by atoms with E-state index in [0.29, 0.717) is 0 Å². The highest BCUT2D eigenvalue weighted by molar-refractivity contribution is 5.78. The topological polar surface area (TPSA) is 138 Å². The van der Waals surface area contributed by atoms with Crippen molar-refractivity contribution in [2.75, 3.05) is 13.7 Å². The Labute approximate surface area is 361 Å². The number of rotatable bonds is 19. The molecule has 3 fully saturated rings. The fourth-order valence-corrected chi connectivity index (χ4v) is 7.78. The fourth-order valence-electron chi connectivity index (χ4n) is 7.78. The van der Waals surface area contributed by atoms with Crippen molar-refractivity contribution in [2.24, 2.45) is 0 Å². The molecule has 5 aromatic rings. The van der Waals surface area contributed by atoms with Crippen LogP contribution < -0.4 is 5.32 Å². The van der Waals surface area contributed by atoms with Gasteiger partial charge in [-0.15, -0.1) is 0 Å². The van der Waals surface area contributed by atoms with Gasteiger partial charge in [0.1, 0.15) is 43.2 Å². The predicted octanol–water partition coefficient (Wildman–Crippen LogP) is 6.66. The molecule has 10 atom stereocenters. The Hall–Kier alpha value is -5.48. The van der Waals surface area contributed by atoms with Gasteiger partial charge in [-0.25, -0.2) is 9.59 Å². The largest absolute Gasteiger partial charge is 0.454 e. The van der Waals surface area contributed by atoms with E-state index in [1.165, 1.54) is 7.11 Å². The van der Waals surface area contributed by atoms with Crippen LogP contribution in [0.25, 0.3) is 0 Å². The predicted molar refractivity (Wildman–Crippen MR) is 224 cm³/mol. The van der Waals surface area contributed by atoms with E-state index >= 15 is 0 Å². The molecular formula is C49H51NO12. The Morgan fingerprint density at radius 1 is 0.548 bits per heavy atom. The summed E-state index contributed by atoms with van der Waals surface area (Å²) in [5.74, 6) is -0.591. The Balaban J connectivity index is 1.10. The van der Waals surface area contributed by atoms with Crippen LogP contribution in [0.5, 0.6) is 0 Å². The van der Waals surface area contributed by atoms with Crippen molar-refractivity contribution in [1.29, 1.82) is 0 Å². The molecule has 3 aliphatic heterocycles. The fraction of sp³-hybridized carbons (Fsp3) is 0.347. The maximum Gasteiger partial charge on any atom is 0.407 e. The molecule has 0 radical (unpaired) electrons. The minimum atomic E-state index is -1.20. The first-order chi connectivity index (χ1) is 30.5. The van der Waals surface area contributed by atoms with Crippen LogP contribution in [0.2, 0.25) is 0 Å². The van der Waals surface area contributed by atoms with Gasteiger partial charge >= 0.3 is 12.1 Å². The maximum absolute atomic E-state index is 13.6. The summed E-state index contributed by atoms with van der Waals surface area (Å²) in [6, 6.07) is 47.0. The number of esters is 1. The van der Waals surface area contributed by atoms with Crippen LogP contribution in [0.15, 0.2) is 152 Å². The number of amides is 1. The van der Waals surface area contributed by atoms with E-state index in [0.717, 1.165) is 27.8 Å². The third-order valence-corrected chi connectivity index (χ3v) is 10.9. The second-order valence-corrected chi connectivity index (χ2v) is 15.2. The summed E-state index contributed by atoms with van der Waals surface area (Å²) in [5.41, 5.74) is 4.46. The third kappa shape index (κ3) is 11.1. The van der Waals surface area contributed by atoms with E-state index in [2.05, 4.69) is 5.32 Å². The lowest BCUT2D eigenvalue weighted by Crippen LogP contribution is -2.67. The second-order valence-electron chi connectivity index (χ2n) is 15.2. The van der Waals surface area contributed by atoms with E-state index in [1.807, 2.05) is 152 Å². The van der Waals surface area contributed by atoms with Crippen molar-refractivity contribution < 1.29 is 57.0 Å². The van der Waals surface area contributed by atoms with Gasteiger partial charge in [0.15, 0.2) is 24.8 Å². The van der Waals surface area contributed by atoms with Gasteiger partial charge < -0.3 is 52.7 Å². The van der Waals surface area contributed by atoms with Crippen LogP contribution in [0, 0.1) is 0 Å². The average Bonchev–Trinajstić information content (AvgIpc) is 3.55. The molecule has 0 aliphatic carbocycles. The van der Waals surface area contributed by atoms with Crippen molar-refractivity contribution in [2.45, 2.75) is 94.4 Å². The van der Waals surface area contributed by atoms with Crippen LogP contribution >= 0.6 is 0 Å². The molecular weight excluding hydrogens is 795 g/mol. The van der Waals surface area contributed by atoms with Gasteiger partial charge in [0.05, 0.1) is 33.0 Å². The van der Waals surface area contributed by atoms with Crippen LogP contribution in [0.1, 0.15) is 27.8 Å². The first-order valence-electron chi connectivity index (χ1n) is 20.8. The van der Waals surface area contributed by atoms with Crippen molar-refractivity contribution in [3.05, 3.63) is 179 Å². The lowest BCUT2D eigenvalue weighted by atomic mass is 9.95. The van der Waals surface area contributed by atoms with Crippen molar-refractivity contribution >= 4 is 12.1 Å². The Bertz CT molecular complexity index is 2120. The first kappa shape index (κ1) is 43.2. The molecule has 0 aromatic heterocycles. The number of methoxy groups -OCH3 is 1. The highest BCUT2D eigenvalue weighted by atomic mass is 16.8.